The Balaban J connectivity index is 0. The van der Waals surface area contributed by atoms with Gasteiger partial charge < -0.3 is 0 Å². The fraction of sp³-hybridized carbons (Fsp3) is 1.00. The van der Waals surface area contributed by atoms with Gasteiger partial charge in [-0.05, 0) is 0 Å². The van der Waals surface area contributed by atoms with Crippen LogP contribution in [0, 0.1) is 0 Å². The number of hydrogen-bond acceptors (Lipinski definition) is 0. The quantitative estimate of drug-likeness (QED) is 0.600. The van der Waals surface area contributed by atoms with Gasteiger partial charge in [0.2, 0.25) is 0 Å². The minimum Gasteiger partial charge on any atom is -0.196 e. The van der Waals surface area contributed by atoms with Crippen molar-refractivity contribution in [3.63, 3.8) is 0 Å². The number of rotatable bonds is 3. The molecule has 0 aromatic rings. The Hall–Kier alpha value is -0.350. The third kappa shape index (κ3) is 7.09. The second kappa shape index (κ2) is 7.01. The maximum Gasteiger partial charge on any atom is 0.453 e. The molecule has 0 saturated heterocycles. The average Bonchev–Trinajstić information content (AvgIpc) is 2.05. The third-order valence-electron chi connectivity index (χ3n) is 1.57. The Bertz CT molecular complexity index is 126. The van der Waals surface area contributed by atoms with Crippen molar-refractivity contribution in [2.45, 2.75) is 58.6 Å². The molecule has 0 aliphatic carbocycles. The molecule has 0 spiro atoms. The van der Waals surface area contributed by atoms with E-state index in [4.69, 9.17) is 0 Å². The molecule has 0 saturated carbocycles. The smallest absolute Gasteiger partial charge is 0.196 e. The van der Waals surface area contributed by atoms with Crippen molar-refractivity contribution in [3.05, 3.63) is 0 Å². The molecule has 0 rings (SSSR count). The van der Waals surface area contributed by atoms with Gasteiger partial charge in [-0.25, -0.2) is 0 Å². The second-order valence-electron chi connectivity index (χ2n) is 2.91. The van der Waals surface area contributed by atoms with Crippen molar-refractivity contribution >= 4 is 0 Å². The lowest BCUT2D eigenvalue weighted by molar-refractivity contribution is -0.282. The van der Waals surface area contributed by atoms with Crippen LogP contribution in [-0.4, -0.2) is 12.1 Å². The summed E-state index contributed by atoms with van der Waals surface area (Å²) in [5, 5.41) is 0. The van der Waals surface area contributed by atoms with Crippen molar-refractivity contribution in [3.8, 4) is 0 Å². The van der Waals surface area contributed by atoms with Gasteiger partial charge in [0, 0.05) is 6.42 Å². The highest BCUT2D eigenvalue weighted by Crippen LogP contribution is 2.37. The number of alkyl halides is 5. The summed E-state index contributed by atoms with van der Waals surface area (Å²) >= 11 is 0. The average molecular weight is 220 g/mol. The van der Waals surface area contributed by atoms with Crippen LogP contribution in [0.5, 0.6) is 0 Å². The van der Waals surface area contributed by atoms with E-state index >= 15 is 0 Å². The summed E-state index contributed by atoms with van der Waals surface area (Å²) in [4.78, 5) is 0. The van der Waals surface area contributed by atoms with Crippen LogP contribution < -0.4 is 0 Å². The van der Waals surface area contributed by atoms with Crippen LogP contribution in [0.15, 0.2) is 0 Å². The van der Waals surface area contributed by atoms with Gasteiger partial charge in [-0.2, -0.15) is 22.0 Å². The highest BCUT2D eigenvalue weighted by molar-refractivity contribution is 4.72. The summed E-state index contributed by atoms with van der Waals surface area (Å²) in [6.45, 7) is 5.21. The molecule has 5 heteroatoms. The van der Waals surface area contributed by atoms with Gasteiger partial charge in [0.05, 0.1) is 0 Å². The summed E-state index contributed by atoms with van der Waals surface area (Å²) in [5.74, 6) is -4.52. The first kappa shape index (κ1) is 16.1. The van der Waals surface area contributed by atoms with E-state index in [9.17, 15) is 22.0 Å². The molecular weight excluding hydrogens is 203 g/mol. The topological polar surface area (TPSA) is 0 Å². The Morgan fingerprint density at radius 1 is 0.786 bits per heavy atom. The minimum absolute atomic E-state index is 0.785. The van der Waals surface area contributed by atoms with Gasteiger partial charge in [0.15, 0.2) is 0 Å². The lowest BCUT2D eigenvalue weighted by atomic mass is 10.2. The van der Waals surface area contributed by atoms with Crippen LogP contribution in [0.3, 0.4) is 0 Å². The summed E-state index contributed by atoms with van der Waals surface area (Å²) in [6.07, 6.45) is -2.51. The number of hydrogen-bond donors (Lipinski definition) is 0. The Morgan fingerprint density at radius 3 is 1.14 bits per heavy atom. The van der Waals surface area contributed by atoms with Gasteiger partial charge in [-0.1, -0.05) is 40.0 Å². The molecule has 0 amide bonds. The molecule has 0 aromatic carbocycles. The predicted molar refractivity (Wildman–Crippen MR) is 46.5 cm³/mol. The predicted octanol–water partition coefficient (Wildman–Crippen LogP) is 4.79. The lowest BCUT2D eigenvalue weighted by Crippen LogP contribution is -2.35. The van der Waals surface area contributed by atoms with Crippen LogP contribution >= 0.6 is 0 Å². The zero-order valence-electron chi connectivity index (χ0n) is 8.72. The molecule has 0 aliphatic rings. The van der Waals surface area contributed by atoms with Crippen LogP contribution in [0.1, 0.15) is 46.5 Å². The maximum absolute atomic E-state index is 11.5. The summed E-state index contributed by atoms with van der Waals surface area (Å²) < 4.78 is 56.3. The van der Waals surface area contributed by atoms with Gasteiger partial charge in [-0.3, -0.25) is 0 Å². The summed E-state index contributed by atoms with van der Waals surface area (Å²) in [5.41, 5.74) is 0. The van der Waals surface area contributed by atoms with Gasteiger partial charge in [0.25, 0.3) is 0 Å². The lowest BCUT2D eigenvalue weighted by Gasteiger charge is -2.16. The van der Waals surface area contributed by atoms with Crippen LogP contribution in [0.4, 0.5) is 22.0 Å². The van der Waals surface area contributed by atoms with Crippen molar-refractivity contribution in [1.82, 2.24) is 0 Å². The molecule has 0 aliphatic heterocycles. The van der Waals surface area contributed by atoms with E-state index in [1.54, 1.807) is 0 Å². The van der Waals surface area contributed by atoms with E-state index < -0.39 is 18.5 Å². The van der Waals surface area contributed by atoms with E-state index in [2.05, 4.69) is 13.8 Å². The van der Waals surface area contributed by atoms with Crippen molar-refractivity contribution in [2.75, 3.05) is 0 Å². The fourth-order valence-corrected chi connectivity index (χ4v) is 0.554. The molecule has 14 heavy (non-hydrogen) atoms. The van der Waals surface area contributed by atoms with Gasteiger partial charge in [-0.15, -0.1) is 0 Å². The zero-order chi connectivity index (χ0) is 11.8. The first-order chi connectivity index (χ1) is 6.22. The highest BCUT2D eigenvalue weighted by atomic mass is 19.4. The molecule has 0 bridgehead atoms. The Morgan fingerprint density at radius 2 is 1.14 bits per heavy atom. The first-order valence-corrected chi connectivity index (χ1v) is 4.67. The van der Waals surface area contributed by atoms with Crippen LogP contribution in [-0.2, 0) is 0 Å². The first-order valence-electron chi connectivity index (χ1n) is 4.67. The van der Waals surface area contributed by atoms with Gasteiger partial charge >= 0.3 is 12.1 Å². The molecule has 0 aromatic heterocycles. The molecule has 88 valence electrons. The van der Waals surface area contributed by atoms with Crippen molar-refractivity contribution < 1.29 is 22.0 Å². The number of unbranched alkanes of at least 4 members (excludes halogenated alkanes) is 2. The van der Waals surface area contributed by atoms with E-state index in [1.165, 1.54) is 19.3 Å². The SMILES string of the molecule is CCC(F)(F)C(F)(F)F.CCCCC. The molecule has 0 nitrogen and oxygen atoms in total. The normalized spacial score (nSPS) is 12.0. The molecule has 0 heterocycles. The molecular formula is C9H17F5. The summed E-state index contributed by atoms with van der Waals surface area (Å²) in [7, 11) is 0. The Kier molecular flexibility index (Phi) is 8.06. The van der Waals surface area contributed by atoms with Gasteiger partial charge in [0.1, 0.15) is 0 Å². The molecule has 0 fully saturated rings. The van der Waals surface area contributed by atoms with Crippen molar-refractivity contribution in [2.24, 2.45) is 0 Å². The molecule has 0 N–H and O–H groups in total. The third-order valence-corrected chi connectivity index (χ3v) is 1.57. The van der Waals surface area contributed by atoms with Crippen LogP contribution in [0.2, 0.25) is 0 Å². The highest BCUT2D eigenvalue weighted by Gasteiger charge is 2.55. The maximum atomic E-state index is 11.5. The molecule has 0 atom stereocenters. The second-order valence-corrected chi connectivity index (χ2v) is 2.91. The molecule has 0 unspecified atom stereocenters. The minimum atomic E-state index is -5.39. The van der Waals surface area contributed by atoms with Crippen molar-refractivity contribution in [1.29, 1.82) is 0 Å². The fourth-order valence-electron chi connectivity index (χ4n) is 0.554. The zero-order valence-corrected chi connectivity index (χ0v) is 8.72. The van der Waals surface area contributed by atoms with E-state index in [0.29, 0.717) is 0 Å². The van der Waals surface area contributed by atoms with Crippen LogP contribution in [0.25, 0.3) is 0 Å². The summed E-state index contributed by atoms with van der Waals surface area (Å²) in [6, 6.07) is 0. The van der Waals surface area contributed by atoms with E-state index in [1.807, 2.05) is 0 Å². The Labute approximate surface area is 81.5 Å². The van der Waals surface area contributed by atoms with E-state index in [0.717, 1.165) is 6.92 Å². The standard InChI is InChI=1S/C5H12.C4H5F5/c1-3-5-4-2;1-2-3(5,6)4(7,8)9/h3-5H2,1-2H3;2H2,1H3. The van der Waals surface area contributed by atoms with E-state index in [-0.39, 0.29) is 0 Å². The monoisotopic (exact) mass is 220 g/mol. The largest absolute Gasteiger partial charge is 0.453 e. The number of halogens is 5. The molecule has 0 radical (unpaired) electrons.